The van der Waals surface area contributed by atoms with Crippen molar-refractivity contribution in [1.82, 2.24) is 9.72 Å². The predicted molar refractivity (Wildman–Crippen MR) is 131 cm³/mol. The van der Waals surface area contributed by atoms with E-state index in [9.17, 15) is 9.59 Å². The zero-order valence-electron chi connectivity index (χ0n) is 18.5. The standard InChI is InChI=1S/C27H25ClN2O3/c1-18(11-12-19-8-4-3-5-9-19)29-27(32)26(31)25-22(17-21-10-6-7-15-30(21)25)20-13-14-24(33-2)23(28)16-20/h3-10,13-18H,11-12H2,1-2H3,(H,29,32)/t18-/m0/s1. The maximum atomic E-state index is 13.3. The average Bonchev–Trinajstić information content (AvgIpc) is 3.22. The summed E-state index contributed by atoms with van der Waals surface area (Å²) >= 11 is 6.33. The molecule has 2 aromatic heterocycles. The molecule has 0 aliphatic rings. The van der Waals surface area contributed by atoms with Gasteiger partial charge in [-0.2, -0.15) is 0 Å². The van der Waals surface area contributed by atoms with Crippen molar-refractivity contribution in [2.75, 3.05) is 7.11 Å². The van der Waals surface area contributed by atoms with E-state index in [-0.39, 0.29) is 6.04 Å². The fraction of sp³-hybridized carbons (Fsp3) is 0.185. The lowest BCUT2D eigenvalue weighted by molar-refractivity contribution is -0.117. The molecular weight excluding hydrogens is 436 g/mol. The van der Waals surface area contributed by atoms with E-state index in [0.717, 1.165) is 23.9 Å². The maximum absolute atomic E-state index is 13.3. The van der Waals surface area contributed by atoms with Crippen LogP contribution < -0.4 is 10.1 Å². The number of pyridine rings is 1. The number of carbonyl (C=O) groups excluding carboxylic acids is 2. The zero-order valence-corrected chi connectivity index (χ0v) is 19.3. The summed E-state index contributed by atoms with van der Waals surface area (Å²) in [7, 11) is 1.55. The summed E-state index contributed by atoms with van der Waals surface area (Å²) in [6.07, 6.45) is 3.34. The van der Waals surface area contributed by atoms with Gasteiger partial charge >= 0.3 is 0 Å². The minimum atomic E-state index is -0.625. The number of hydrogen-bond donors (Lipinski definition) is 1. The van der Waals surface area contributed by atoms with Gasteiger partial charge in [0.05, 0.1) is 12.1 Å². The lowest BCUT2D eigenvalue weighted by atomic mass is 10.0. The van der Waals surface area contributed by atoms with Crippen LogP contribution in [0.15, 0.2) is 79.0 Å². The Morgan fingerprint density at radius 3 is 2.52 bits per heavy atom. The van der Waals surface area contributed by atoms with Gasteiger partial charge in [-0.05, 0) is 61.2 Å². The first-order valence-electron chi connectivity index (χ1n) is 10.8. The molecular formula is C27H25ClN2O3. The highest BCUT2D eigenvalue weighted by Gasteiger charge is 2.26. The minimum absolute atomic E-state index is 0.147. The largest absolute Gasteiger partial charge is 0.495 e. The number of nitrogens with one attached hydrogen (secondary N) is 1. The molecule has 33 heavy (non-hydrogen) atoms. The second-order valence-corrected chi connectivity index (χ2v) is 8.39. The third-order valence-electron chi connectivity index (χ3n) is 5.65. The van der Waals surface area contributed by atoms with Gasteiger partial charge in [0.25, 0.3) is 11.7 Å². The second kappa shape index (κ2) is 9.92. The van der Waals surface area contributed by atoms with Crippen molar-refractivity contribution >= 4 is 28.8 Å². The number of aromatic nitrogens is 1. The van der Waals surface area contributed by atoms with Crippen molar-refractivity contribution in [3.8, 4) is 16.9 Å². The van der Waals surface area contributed by atoms with E-state index in [0.29, 0.717) is 22.0 Å². The number of amides is 1. The molecule has 1 N–H and O–H groups in total. The number of benzene rings is 2. The molecule has 0 saturated carbocycles. The van der Waals surface area contributed by atoms with Crippen LogP contribution in [0.4, 0.5) is 0 Å². The Morgan fingerprint density at radius 1 is 1.03 bits per heavy atom. The fourth-order valence-corrected chi connectivity index (χ4v) is 4.16. The Labute approximate surface area is 198 Å². The minimum Gasteiger partial charge on any atom is -0.495 e. The van der Waals surface area contributed by atoms with Gasteiger partial charge in [-0.1, -0.05) is 54.1 Å². The number of aryl methyl sites for hydroxylation is 1. The molecule has 0 aliphatic heterocycles. The third kappa shape index (κ3) is 4.94. The van der Waals surface area contributed by atoms with Crippen molar-refractivity contribution in [3.63, 3.8) is 0 Å². The van der Waals surface area contributed by atoms with Gasteiger partial charge in [-0.25, -0.2) is 0 Å². The molecule has 0 unspecified atom stereocenters. The Balaban J connectivity index is 1.60. The molecule has 0 saturated heterocycles. The lowest BCUT2D eigenvalue weighted by Gasteiger charge is -2.14. The first-order valence-corrected chi connectivity index (χ1v) is 11.2. The van der Waals surface area contributed by atoms with Crippen LogP contribution >= 0.6 is 11.6 Å². The number of methoxy groups -OCH3 is 1. The van der Waals surface area contributed by atoms with Crippen LogP contribution in [-0.2, 0) is 11.2 Å². The maximum Gasteiger partial charge on any atom is 0.294 e. The number of ketones is 1. The molecule has 0 aliphatic carbocycles. The monoisotopic (exact) mass is 460 g/mol. The highest BCUT2D eigenvalue weighted by atomic mass is 35.5. The highest BCUT2D eigenvalue weighted by Crippen LogP contribution is 2.34. The van der Waals surface area contributed by atoms with Gasteiger partial charge in [0.15, 0.2) is 0 Å². The number of hydrogen-bond acceptors (Lipinski definition) is 3. The molecule has 0 radical (unpaired) electrons. The quantitative estimate of drug-likeness (QED) is 0.275. The molecule has 4 rings (SSSR count). The van der Waals surface area contributed by atoms with E-state index in [4.69, 9.17) is 16.3 Å². The first kappa shape index (κ1) is 22.6. The van der Waals surface area contributed by atoms with E-state index >= 15 is 0 Å². The number of fused-ring (bicyclic) bond motifs is 1. The summed E-state index contributed by atoms with van der Waals surface area (Å²) in [6.45, 7) is 1.91. The van der Waals surface area contributed by atoms with Gasteiger partial charge in [-0.3, -0.25) is 9.59 Å². The van der Waals surface area contributed by atoms with Crippen LogP contribution in [0.3, 0.4) is 0 Å². The normalized spacial score (nSPS) is 11.8. The molecule has 1 atom stereocenters. The second-order valence-electron chi connectivity index (χ2n) is 7.98. The number of halogens is 1. The Kier molecular flexibility index (Phi) is 6.80. The summed E-state index contributed by atoms with van der Waals surface area (Å²) in [5.74, 6) is -0.669. The number of rotatable bonds is 8. The van der Waals surface area contributed by atoms with Crippen LogP contribution in [-0.4, -0.2) is 29.2 Å². The van der Waals surface area contributed by atoms with E-state index in [2.05, 4.69) is 17.4 Å². The Bertz CT molecular complexity index is 1300. The van der Waals surface area contributed by atoms with Crippen molar-refractivity contribution in [1.29, 1.82) is 0 Å². The van der Waals surface area contributed by atoms with E-state index in [1.54, 1.807) is 29.8 Å². The number of Topliss-reactive ketones (excluding diaryl/α,β-unsaturated/α-hetero) is 1. The summed E-state index contributed by atoms with van der Waals surface area (Å²) in [5, 5.41) is 3.30. The molecule has 1 amide bonds. The van der Waals surface area contributed by atoms with Crippen LogP contribution in [0.5, 0.6) is 5.75 Å². The van der Waals surface area contributed by atoms with Gasteiger partial charge < -0.3 is 14.5 Å². The van der Waals surface area contributed by atoms with Gasteiger partial charge in [-0.15, -0.1) is 0 Å². The predicted octanol–water partition coefficient (Wildman–Crippen LogP) is 5.59. The summed E-state index contributed by atoms with van der Waals surface area (Å²) < 4.78 is 6.98. The van der Waals surface area contributed by atoms with Crippen LogP contribution in [0.2, 0.25) is 5.02 Å². The third-order valence-corrected chi connectivity index (χ3v) is 5.95. The molecule has 0 fully saturated rings. The number of carbonyl (C=O) groups is 2. The molecule has 0 spiro atoms. The van der Waals surface area contributed by atoms with E-state index in [1.807, 2.05) is 55.5 Å². The highest BCUT2D eigenvalue weighted by molar-refractivity contribution is 6.43. The Hall–Kier alpha value is -3.57. The van der Waals surface area contributed by atoms with Crippen LogP contribution in [0.25, 0.3) is 16.6 Å². The van der Waals surface area contributed by atoms with E-state index < -0.39 is 11.7 Å². The van der Waals surface area contributed by atoms with Crippen LogP contribution in [0, 0.1) is 0 Å². The summed E-state index contributed by atoms with van der Waals surface area (Å²) in [4.78, 5) is 26.3. The molecule has 5 nitrogen and oxygen atoms in total. The molecule has 4 aromatic rings. The topological polar surface area (TPSA) is 59.8 Å². The number of ether oxygens (including phenoxy) is 1. The Morgan fingerprint density at radius 2 is 1.79 bits per heavy atom. The first-order chi connectivity index (χ1) is 16.0. The average molecular weight is 461 g/mol. The molecule has 2 heterocycles. The molecule has 6 heteroatoms. The molecule has 0 bridgehead atoms. The van der Waals surface area contributed by atoms with Crippen molar-refractivity contribution in [3.05, 3.63) is 95.3 Å². The number of nitrogens with zero attached hydrogens (tertiary/aromatic N) is 1. The van der Waals surface area contributed by atoms with Gasteiger partial charge in [0.2, 0.25) is 0 Å². The fourth-order valence-electron chi connectivity index (χ4n) is 3.91. The van der Waals surface area contributed by atoms with Gasteiger partial charge in [0.1, 0.15) is 11.4 Å². The molecule has 168 valence electrons. The SMILES string of the molecule is COc1ccc(-c2cc3ccccn3c2C(=O)C(=O)N[C@@H](C)CCc2ccccc2)cc1Cl. The van der Waals surface area contributed by atoms with Crippen molar-refractivity contribution in [2.45, 2.75) is 25.8 Å². The molecule has 2 aromatic carbocycles. The summed E-state index contributed by atoms with van der Waals surface area (Å²) in [6, 6.07) is 22.7. The van der Waals surface area contributed by atoms with Crippen molar-refractivity contribution in [2.24, 2.45) is 0 Å². The van der Waals surface area contributed by atoms with Gasteiger partial charge in [0, 0.05) is 23.3 Å². The van der Waals surface area contributed by atoms with Crippen LogP contribution in [0.1, 0.15) is 29.4 Å². The zero-order chi connectivity index (χ0) is 23.4. The summed E-state index contributed by atoms with van der Waals surface area (Å²) in [5.41, 5.74) is 3.69. The smallest absolute Gasteiger partial charge is 0.294 e. The van der Waals surface area contributed by atoms with Crippen molar-refractivity contribution < 1.29 is 14.3 Å². The van der Waals surface area contributed by atoms with E-state index in [1.165, 1.54) is 5.56 Å². The lowest BCUT2D eigenvalue weighted by Crippen LogP contribution is -2.38.